The van der Waals surface area contributed by atoms with Crippen molar-refractivity contribution in [3.63, 3.8) is 0 Å². The molecule has 2 aromatic heterocycles. The summed E-state index contributed by atoms with van der Waals surface area (Å²) in [6.45, 7) is 0. The summed E-state index contributed by atoms with van der Waals surface area (Å²) in [6.07, 6.45) is 8.24. The standard InChI is InChI=1S/C13H10N2O/c16-13(12-3-1-2-8-15-12)5-4-11-6-9-14-10-7-11/h1-10H. The third-order valence-corrected chi connectivity index (χ3v) is 2.05. The zero-order chi connectivity index (χ0) is 11.2. The Morgan fingerprint density at radius 1 is 1.06 bits per heavy atom. The highest BCUT2D eigenvalue weighted by molar-refractivity contribution is 6.05. The van der Waals surface area contributed by atoms with Crippen molar-refractivity contribution in [2.45, 2.75) is 0 Å². The van der Waals surface area contributed by atoms with Crippen LogP contribution in [0.25, 0.3) is 6.08 Å². The number of nitrogens with zero attached hydrogens (tertiary/aromatic N) is 2. The molecule has 0 spiro atoms. The van der Waals surface area contributed by atoms with E-state index < -0.39 is 0 Å². The molecular weight excluding hydrogens is 200 g/mol. The van der Waals surface area contributed by atoms with E-state index >= 15 is 0 Å². The van der Waals surface area contributed by atoms with Crippen molar-refractivity contribution in [1.82, 2.24) is 9.97 Å². The molecule has 2 heterocycles. The fraction of sp³-hybridized carbons (Fsp3) is 0. The summed E-state index contributed by atoms with van der Waals surface area (Å²) in [4.78, 5) is 19.5. The Morgan fingerprint density at radius 3 is 2.56 bits per heavy atom. The minimum atomic E-state index is -0.0996. The number of rotatable bonds is 3. The first-order chi connectivity index (χ1) is 7.86. The molecule has 2 rings (SSSR count). The first-order valence-electron chi connectivity index (χ1n) is 4.90. The highest BCUT2D eigenvalue weighted by Crippen LogP contribution is 2.02. The zero-order valence-electron chi connectivity index (χ0n) is 8.58. The maximum Gasteiger partial charge on any atom is 0.204 e. The van der Waals surface area contributed by atoms with Gasteiger partial charge in [0.1, 0.15) is 5.69 Å². The van der Waals surface area contributed by atoms with Gasteiger partial charge in [-0.3, -0.25) is 14.8 Å². The van der Waals surface area contributed by atoms with Crippen molar-refractivity contribution in [2.75, 3.05) is 0 Å². The zero-order valence-corrected chi connectivity index (χ0v) is 8.58. The smallest absolute Gasteiger partial charge is 0.204 e. The van der Waals surface area contributed by atoms with E-state index in [9.17, 15) is 4.79 Å². The monoisotopic (exact) mass is 210 g/mol. The van der Waals surface area contributed by atoms with E-state index in [1.807, 2.05) is 12.1 Å². The Balaban J connectivity index is 2.12. The summed E-state index contributed by atoms with van der Waals surface area (Å²) in [5.74, 6) is -0.0996. The predicted octanol–water partition coefficient (Wildman–Crippen LogP) is 2.37. The summed E-state index contributed by atoms with van der Waals surface area (Å²) in [5, 5.41) is 0. The molecule has 0 unspecified atom stereocenters. The molecule has 0 aromatic carbocycles. The molecule has 2 aromatic rings. The number of hydrogen-bond donors (Lipinski definition) is 0. The lowest BCUT2D eigenvalue weighted by molar-refractivity contribution is 0.104. The summed E-state index contributed by atoms with van der Waals surface area (Å²) in [6, 6.07) is 8.94. The normalized spacial score (nSPS) is 10.5. The van der Waals surface area contributed by atoms with Crippen LogP contribution in [0.4, 0.5) is 0 Å². The Morgan fingerprint density at radius 2 is 1.88 bits per heavy atom. The van der Waals surface area contributed by atoms with E-state index in [4.69, 9.17) is 0 Å². The second-order valence-electron chi connectivity index (χ2n) is 3.19. The summed E-state index contributed by atoms with van der Waals surface area (Å²) in [7, 11) is 0. The van der Waals surface area contributed by atoms with Crippen molar-refractivity contribution >= 4 is 11.9 Å². The molecule has 0 amide bonds. The minimum Gasteiger partial charge on any atom is -0.288 e. The van der Waals surface area contributed by atoms with Crippen molar-refractivity contribution in [3.05, 3.63) is 66.3 Å². The van der Waals surface area contributed by atoms with Crippen molar-refractivity contribution in [2.24, 2.45) is 0 Å². The van der Waals surface area contributed by atoms with Crippen LogP contribution in [0, 0.1) is 0 Å². The number of pyridine rings is 2. The van der Waals surface area contributed by atoms with Crippen LogP contribution in [0.15, 0.2) is 55.0 Å². The summed E-state index contributed by atoms with van der Waals surface area (Å²) in [5.41, 5.74) is 1.40. The molecule has 0 N–H and O–H groups in total. The second kappa shape index (κ2) is 4.98. The molecule has 78 valence electrons. The van der Waals surface area contributed by atoms with E-state index in [1.54, 1.807) is 42.9 Å². The van der Waals surface area contributed by atoms with Crippen LogP contribution in [0.5, 0.6) is 0 Å². The van der Waals surface area contributed by atoms with Gasteiger partial charge in [0.05, 0.1) is 0 Å². The Bertz CT molecular complexity index is 492. The third-order valence-electron chi connectivity index (χ3n) is 2.05. The van der Waals surface area contributed by atoms with Gasteiger partial charge in [-0.1, -0.05) is 12.1 Å². The van der Waals surface area contributed by atoms with Crippen molar-refractivity contribution < 1.29 is 4.79 Å². The van der Waals surface area contributed by atoms with Crippen LogP contribution in [0.2, 0.25) is 0 Å². The van der Waals surface area contributed by atoms with E-state index in [0.29, 0.717) is 5.69 Å². The van der Waals surface area contributed by atoms with Gasteiger partial charge in [0.15, 0.2) is 0 Å². The number of carbonyl (C=O) groups excluding carboxylic acids is 1. The Kier molecular flexibility index (Phi) is 3.18. The lowest BCUT2D eigenvalue weighted by Gasteiger charge is -1.93. The van der Waals surface area contributed by atoms with Crippen molar-refractivity contribution in [3.8, 4) is 0 Å². The van der Waals surface area contributed by atoms with Gasteiger partial charge >= 0.3 is 0 Å². The fourth-order valence-electron chi connectivity index (χ4n) is 1.24. The topological polar surface area (TPSA) is 42.9 Å². The van der Waals surface area contributed by atoms with Crippen LogP contribution in [-0.4, -0.2) is 15.8 Å². The molecule has 0 bridgehead atoms. The highest BCUT2D eigenvalue weighted by atomic mass is 16.1. The SMILES string of the molecule is O=C(C=Cc1ccncc1)c1ccccn1. The molecule has 3 nitrogen and oxygen atoms in total. The molecule has 0 aliphatic rings. The number of allylic oxidation sites excluding steroid dienone is 1. The number of carbonyl (C=O) groups is 1. The number of ketones is 1. The first-order valence-corrected chi connectivity index (χ1v) is 4.90. The van der Waals surface area contributed by atoms with Gasteiger partial charge in [-0.15, -0.1) is 0 Å². The van der Waals surface area contributed by atoms with E-state index in [2.05, 4.69) is 9.97 Å². The molecule has 0 atom stereocenters. The van der Waals surface area contributed by atoms with E-state index in [-0.39, 0.29) is 5.78 Å². The van der Waals surface area contributed by atoms with Gasteiger partial charge in [-0.05, 0) is 35.9 Å². The van der Waals surface area contributed by atoms with Gasteiger partial charge in [-0.2, -0.15) is 0 Å². The van der Waals surface area contributed by atoms with Crippen LogP contribution < -0.4 is 0 Å². The van der Waals surface area contributed by atoms with Gasteiger partial charge in [0.25, 0.3) is 0 Å². The molecule has 0 fully saturated rings. The number of aromatic nitrogens is 2. The molecular formula is C13H10N2O. The molecule has 0 saturated carbocycles. The van der Waals surface area contributed by atoms with E-state index in [1.165, 1.54) is 6.08 Å². The molecule has 0 radical (unpaired) electrons. The van der Waals surface area contributed by atoms with Gasteiger partial charge in [-0.25, -0.2) is 0 Å². The molecule has 16 heavy (non-hydrogen) atoms. The summed E-state index contributed by atoms with van der Waals surface area (Å²) >= 11 is 0. The van der Waals surface area contributed by atoms with Gasteiger partial charge in [0.2, 0.25) is 5.78 Å². The molecule has 0 aliphatic carbocycles. The summed E-state index contributed by atoms with van der Waals surface area (Å²) < 4.78 is 0. The third kappa shape index (κ3) is 2.60. The Hall–Kier alpha value is -2.29. The average molecular weight is 210 g/mol. The van der Waals surface area contributed by atoms with Gasteiger partial charge in [0, 0.05) is 18.6 Å². The largest absolute Gasteiger partial charge is 0.288 e. The molecule has 3 heteroatoms. The Labute approximate surface area is 93.5 Å². The lowest BCUT2D eigenvalue weighted by atomic mass is 10.2. The van der Waals surface area contributed by atoms with Gasteiger partial charge < -0.3 is 0 Å². The van der Waals surface area contributed by atoms with Crippen LogP contribution >= 0.6 is 0 Å². The maximum absolute atomic E-state index is 11.7. The average Bonchev–Trinajstić information content (AvgIpc) is 2.38. The number of hydrogen-bond acceptors (Lipinski definition) is 3. The maximum atomic E-state index is 11.7. The molecule has 0 saturated heterocycles. The van der Waals surface area contributed by atoms with Crippen LogP contribution in [-0.2, 0) is 0 Å². The van der Waals surface area contributed by atoms with Crippen LogP contribution in [0.3, 0.4) is 0 Å². The quantitative estimate of drug-likeness (QED) is 0.577. The minimum absolute atomic E-state index is 0.0996. The fourth-order valence-corrected chi connectivity index (χ4v) is 1.24. The lowest BCUT2D eigenvalue weighted by Crippen LogP contribution is -1.96. The predicted molar refractivity (Wildman–Crippen MR) is 61.8 cm³/mol. The first kappa shape index (κ1) is 10.2. The highest BCUT2D eigenvalue weighted by Gasteiger charge is 2.00. The second-order valence-corrected chi connectivity index (χ2v) is 3.19. The van der Waals surface area contributed by atoms with Crippen LogP contribution in [0.1, 0.15) is 16.1 Å². The van der Waals surface area contributed by atoms with Crippen molar-refractivity contribution in [1.29, 1.82) is 0 Å². The molecule has 0 aliphatic heterocycles. The van der Waals surface area contributed by atoms with E-state index in [0.717, 1.165) is 5.56 Å².